The number of hydrogen-bond acceptors (Lipinski definition) is 9. The number of anilines is 2. The van der Waals surface area contributed by atoms with E-state index in [-0.39, 0.29) is 29.7 Å². The lowest BCUT2D eigenvalue weighted by Gasteiger charge is -2.05. The fourth-order valence-corrected chi connectivity index (χ4v) is 5.44. The molecule has 2 aromatic carbocycles. The van der Waals surface area contributed by atoms with Gasteiger partial charge in [0.15, 0.2) is 0 Å². The summed E-state index contributed by atoms with van der Waals surface area (Å²) in [4.78, 5) is 33.7. The molecular formula is C26H17N5O2S2. The second-order valence-corrected chi connectivity index (χ2v) is 9.45. The van der Waals surface area contributed by atoms with Crippen molar-refractivity contribution in [2.45, 2.75) is 13.8 Å². The second kappa shape index (κ2) is 10.2. The molecule has 0 atom stereocenters. The van der Waals surface area contributed by atoms with Crippen LogP contribution >= 0.6 is 22.7 Å². The third-order valence-electron chi connectivity index (χ3n) is 4.86. The first-order valence-corrected chi connectivity index (χ1v) is 12.0. The summed E-state index contributed by atoms with van der Waals surface area (Å²) >= 11 is 1.82. The maximum Gasteiger partial charge on any atom is 0.227 e. The van der Waals surface area contributed by atoms with Crippen molar-refractivity contribution in [3.05, 3.63) is 111 Å². The molecule has 5 rings (SSSR count). The first-order valence-electron chi connectivity index (χ1n) is 10.4. The molecule has 35 heavy (non-hydrogen) atoms. The number of para-hydroxylation sites is 1. The topological polar surface area (TPSA) is 120 Å². The maximum atomic E-state index is 12.4. The van der Waals surface area contributed by atoms with Gasteiger partial charge in [0, 0.05) is 27.8 Å². The third-order valence-corrected chi connectivity index (χ3v) is 7.31. The van der Waals surface area contributed by atoms with Gasteiger partial charge in [0.25, 0.3) is 0 Å². The van der Waals surface area contributed by atoms with Crippen LogP contribution in [0.5, 0.6) is 0 Å². The summed E-state index contributed by atoms with van der Waals surface area (Å²) in [5.74, 6) is 0.652. The van der Waals surface area contributed by atoms with E-state index in [1.165, 1.54) is 0 Å². The Kier molecular flexibility index (Phi) is 6.93. The molecule has 0 spiro atoms. The molecule has 0 radical (unpaired) electrons. The van der Waals surface area contributed by atoms with E-state index in [0.717, 1.165) is 39.7 Å². The van der Waals surface area contributed by atoms with E-state index in [1.807, 2.05) is 62.4 Å². The summed E-state index contributed by atoms with van der Waals surface area (Å²) < 4.78 is 0.489. The molecule has 3 aromatic rings. The van der Waals surface area contributed by atoms with Crippen molar-refractivity contribution < 1.29 is 0 Å². The number of benzene rings is 2. The number of nitrogens with zero attached hydrogens (tertiary/aromatic N) is 4. The van der Waals surface area contributed by atoms with Crippen molar-refractivity contribution in [2.24, 2.45) is 0 Å². The number of rotatable bonds is 2. The van der Waals surface area contributed by atoms with Gasteiger partial charge < -0.3 is 5.32 Å². The first kappa shape index (κ1) is 23.7. The van der Waals surface area contributed by atoms with Crippen LogP contribution in [-0.2, 0) is 0 Å². The minimum atomic E-state index is -0.266. The molecule has 0 bridgehead atoms. The van der Waals surface area contributed by atoms with Gasteiger partial charge in [-0.2, -0.15) is 10.5 Å². The van der Waals surface area contributed by atoms with Crippen LogP contribution in [-0.4, -0.2) is 9.97 Å². The summed E-state index contributed by atoms with van der Waals surface area (Å²) in [6.45, 7) is 3.93. The molecule has 1 aromatic heterocycles. The van der Waals surface area contributed by atoms with Crippen LogP contribution in [0.4, 0.5) is 11.6 Å². The first-order chi connectivity index (χ1) is 16.9. The summed E-state index contributed by atoms with van der Waals surface area (Å²) in [6, 6.07) is 22.2. The smallest absolute Gasteiger partial charge is 0.227 e. The quantitative estimate of drug-likeness (QED) is 0.366. The maximum absolute atomic E-state index is 12.4. The van der Waals surface area contributed by atoms with Crippen molar-refractivity contribution >= 4 is 45.1 Å². The van der Waals surface area contributed by atoms with Gasteiger partial charge in [-0.1, -0.05) is 42.5 Å². The van der Waals surface area contributed by atoms with Gasteiger partial charge in [0.2, 0.25) is 16.8 Å². The Morgan fingerprint density at radius 3 is 1.66 bits per heavy atom. The van der Waals surface area contributed by atoms with Crippen LogP contribution in [0.3, 0.4) is 0 Å². The Hall–Kier alpha value is -4.44. The fraction of sp³-hybridized carbons (Fsp3) is 0.0769. The van der Waals surface area contributed by atoms with Crippen molar-refractivity contribution in [1.29, 1.82) is 10.5 Å². The zero-order valence-electron chi connectivity index (χ0n) is 18.7. The minimum absolute atomic E-state index is 0.164. The van der Waals surface area contributed by atoms with Crippen molar-refractivity contribution in [3.63, 3.8) is 0 Å². The number of fused-ring (bicyclic) bond motifs is 1. The van der Waals surface area contributed by atoms with E-state index in [9.17, 15) is 9.59 Å². The Labute approximate surface area is 207 Å². The molecule has 0 unspecified atom stereocenters. The number of nitriles is 2. The van der Waals surface area contributed by atoms with E-state index >= 15 is 0 Å². The molecule has 1 aliphatic heterocycles. The number of nitrogens with one attached hydrogen (secondary N) is 1. The predicted molar refractivity (Wildman–Crippen MR) is 138 cm³/mol. The Morgan fingerprint density at radius 1 is 0.743 bits per heavy atom. The highest BCUT2D eigenvalue weighted by Crippen LogP contribution is 2.20. The van der Waals surface area contributed by atoms with E-state index in [4.69, 9.17) is 10.5 Å². The predicted octanol–water partition coefficient (Wildman–Crippen LogP) is 4.99. The SMILES string of the molecule is Cc1cc(C)nc(Nc2ccccc2)n1.N#Cc1sc2c(=O)c3ccccc3c(=O)c=2sc1C#N. The molecule has 0 amide bonds. The highest BCUT2D eigenvalue weighted by atomic mass is 32.1. The summed E-state index contributed by atoms with van der Waals surface area (Å²) in [5, 5.41) is 21.9. The second-order valence-electron chi connectivity index (χ2n) is 7.41. The zero-order chi connectivity index (χ0) is 24.9. The highest BCUT2D eigenvalue weighted by Gasteiger charge is 2.12. The lowest BCUT2D eigenvalue weighted by atomic mass is 10.1. The summed E-state index contributed by atoms with van der Waals surface area (Å²) in [5.41, 5.74) is 2.42. The third kappa shape index (κ3) is 5.07. The van der Waals surface area contributed by atoms with E-state index in [1.54, 1.807) is 24.3 Å². The van der Waals surface area contributed by atoms with E-state index < -0.39 is 0 Å². The lowest BCUT2D eigenvalue weighted by Crippen LogP contribution is -2.13. The Bertz CT molecular complexity index is 1710. The summed E-state index contributed by atoms with van der Waals surface area (Å²) in [6.07, 6.45) is 0. The van der Waals surface area contributed by atoms with Crippen molar-refractivity contribution in [1.82, 2.24) is 9.97 Å². The highest BCUT2D eigenvalue weighted by molar-refractivity contribution is 7.18. The molecule has 0 saturated heterocycles. The molecule has 2 heterocycles. The summed E-state index contributed by atoms with van der Waals surface area (Å²) in [7, 11) is 0. The van der Waals surface area contributed by atoms with Crippen LogP contribution in [0, 0.1) is 45.6 Å². The van der Waals surface area contributed by atoms with Gasteiger partial charge in [0.05, 0.1) is 9.06 Å². The average molecular weight is 496 g/mol. The Balaban J connectivity index is 0.000000172. The number of aromatic nitrogens is 2. The van der Waals surface area contributed by atoms with Gasteiger partial charge in [-0.15, -0.1) is 22.7 Å². The fourth-order valence-electron chi connectivity index (χ4n) is 3.39. The van der Waals surface area contributed by atoms with Gasteiger partial charge >= 0.3 is 0 Å². The molecule has 7 nitrogen and oxygen atoms in total. The molecule has 2 aliphatic rings. The van der Waals surface area contributed by atoms with E-state index in [0.29, 0.717) is 16.7 Å². The van der Waals surface area contributed by atoms with Crippen molar-refractivity contribution in [3.8, 4) is 12.1 Å². The van der Waals surface area contributed by atoms with Gasteiger partial charge in [-0.25, -0.2) is 9.97 Å². The van der Waals surface area contributed by atoms with Crippen LogP contribution < -0.4 is 16.2 Å². The zero-order valence-corrected chi connectivity index (χ0v) is 20.3. The van der Waals surface area contributed by atoms with Crippen LogP contribution in [0.1, 0.15) is 21.1 Å². The molecule has 0 saturated carbocycles. The van der Waals surface area contributed by atoms with Gasteiger partial charge in [-0.05, 0) is 32.0 Å². The van der Waals surface area contributed by atoms with Gasteiger partial charge in [-0.3, -0.25) is 9.59 Å². The molecule has 170 valence electrons. The molecule has 1 aliphatic carbocycles. The monoisotopic (exact) mass is 495 g/mol. The van der Waals surface area contributed by atoms with Crippen LogP contribution in [0.15, 0.2) is 70.3 Å². The molecular weight excluding hydrogens is 478 g/mol. The standard InChI is InChI=1S/C14H4N2O2S2.C12H13N3/c15-5-9-10(6-16)20-14-12(18)8-4-2-1-3-7(8)11(17)13(14)19-9;1-9-8-10(2)14-12(13-9)15-11-6-4-3-5-7-11/h1-4H;3-8H,1-2H3,(H,13,14,15). The Morgan fingerprint density at radius 2 is 1.20 bits per heavy atom. The van der Waals surface area contributed by atoms with Crippen molar-refractivity contribution in [2.75, 3.05) is 5.32 Å². The molecule has 1 N–H and O–H groups in total. The largest absolute Gasteiger partial charge is 0.324 e. The number of aryl methyl sites for hydroxylation is 2. The normalized spacial score (nSPS) is 10.2. The molecule has 9 heteroatoms. The molecule has 0 fully saturated rings. The minimum Gasteiger partial charge on any atom is -0.324 e. The lowest BCUT2D eigenvalue weighted by molar-refractivity contribution is 1.06. The van der Waals surface area contributed by atoms with E-state index in [2.05, 4.69) is 15.3 Å². The average Bonchev–Trinajstić information content (AvgIpc) is 2.87. The number of hydrogen-bond donors (Lipinski definition) is 1. The van der Waals surface area contributed by atoms with Crippen LogP contribution in [0.25, 0.3) is 10.8 Å². The van der Waals surface area contributed by atoms with Crippen LogP contribution in [0.2, 0.25) is 0 Å². The van der Waals surface area contributed by atoms with Gasteiger partial charge in [0.1, 0.15) is 21.9 Å².